The molecule has 1 aromatic rings. The predicted octanol–water partition coefficient (Wildman–Crippen LogP) is 1.75. The number of carbonyl (C=O) groups excluding carboxylic acids is 2. The molecule has 0 aliphatic rings. The Hall–Kier alpha value is -1.44. The van der Waals surface area contributed by atoms with Crippen molar-refractivity contribution < 1.29 is 23.8 Å². The topological polar surface area (TPSA) is 73.9 Å². The zero-order valence-electron chi connectivity index (χ0n) is 12.1. The van der Waals surface area contributed by atoms with Gasteiger partial charge in [-0.05, 0) is 19.4 Å². The van der Waals surface area contributed by atoms with Crippen LogP contribution in [0, 0.1) is 13.8 Å². The molecule has 0 saturated heterocycles. The average Bonchev–Trinajstić information content (AvgIpc) is 2.69. The molecule has 0 aliphatic heterocycles. The van der Waals surface area contributed by atoms with Crippen LogP contribution in [0.2, 0.25) is 0 Å². The van der Waals surface area contributed by atoms with Crippen molar-refractivity contribution in [2.24, 2.45) is 0 Å². The van der Waals surface area contributed by atoms with E-state index in [4.69, 9.17) is 14.2 Å². The summed E-state index contributed by atoms with van der Waals surface area (Å²) in [6, 6.07) is 0. The Bertz CT molecular complexity index is 483. The van der Waals surface area contributed by atoms with Crippen molar-refractivity contribution in [1.29, 1.82) is 0 Å². The molecule has 0 fully saturated rings. The summed E-state index contributed by atoms with van der Waals surface area (Å²) in [5, 5.41) is 3.17. The average molecular weight is 301 g/mol. The van der Waals surface area contributed by atoms with Crippen molar-refractivity contribution in [1.82, 2.24) is 0 Å². The number of nitrogens with one attached hydrogen (secondary N) is 1. The lowest BCUT2D eigenvalue weighted by Crippen LogP contribution is -2.20. The fraction of sp³-hybridized carbons (Fsp3) is 0.538. The highest BCUT2D eigenvalue weighted by Gasteiger charge is 2.21. The van der Waals surface area contributed by atoms with Crippen LogP contribution in [0.15, 0.2) is 0 Å². The van der Waals surface area contributed by atoms with Crippen molar-refractivity contribution in [3.8, 4) is 0 Å². The molecule has 0 aromatic carbocycles. The van der Waals surface area contributed by atoms with Gasteiger partial charge in [-0.3, -0.25) is 4.79 Å². The maximum absolute atomic E-state index is 11.7. The van der Waals surface area contributed by atoms with E-state index in [-0.39, 0.29) is 12.5 Å². The van der Waals surface area contributed by atoms with Crippen molar-refractivity contribution in [3.05, 3.63) is 16.0 Å². The minimum atomic E-state index is -0.456. The maximum Gasteiger partial charge on any atom is 0.341 e. The van der Waals surface area contributed by atoms with Gasteiger partial charge in [0, 0.05) is 12.0 Å². The molecular formula is C13H19NO5S. The Balaban J connectivity index is 2.70. The first-order chi connectivity index (χ1) is 9.51. The second-order valence-electron chi connectivity index (χ2n) is 4.07. The first-order valence-corrected chi connectivity index (χ1v) is 6.87. The summed E-state index contributed by atoms with van der Waals surface area (Å²) in [6.45, 7) is 4.40. The van der Waals surface area contributed by atoms with Crippen LogP contribution in [0.25, 0.3) is 0 Å². The van der Waals surface area contributed by atoms with E-state index in [9.17, 15) is 9.59 Å². The number of carbonyl (C=O) groups is 2. The van der Waals surface area contributed by atoms with Crippen LogP contribution in [0.1, 0.15) is 20.8 Å². The quantitative estimate of drug-likeness (QED) is 0.613. The fourth-order valence-corrected chi connectivity index (χ4v) is 2.60. The minimum absolute atomic E-state index is 0.0834. The Morgan fingerprint density at radius 3 is 2.50 bits per heavy atom. The number of aryl methyl sites for hydroxylation is 1. The zero-order valence-corrected chi connectivity index (χ0v) is 12.9. The van der Waals surface area contributed by atoms with Crippen molar-refractivity contribution >= 4 is 28.2 Å². The number of methoxy groups -OCH3 is 2. The summed E-state index contributed by atoms with van der Waals surface area (Å²) >= 11 is 1.34. The molecule has 0 aliphatic carbocycles. The Labute approximate surface area is 122 Å². The molecule has 0 saturated carbocycles. The number of anilines is 1. The van der Waals surface area contributed by atoms with Crippen LogP contribution >= 0.6 is 11.3 Å². The number of hydrogen-bond donors (Lipinski definition) is 1. The number of esters is 1. The Kier molecular flexibility index (Phi) is 6.63. The van der Waals surface area contributed by atoms with E-state index in [1.54, 1.807) is 7.11 Å². The summed E-state index contributed by atoms with van der Waals surface area (Å²) in [4.78, 5) is 24.4. The molecule has 0 atom stereocenters. The van der Waals surface area contributed by atoms with E-state index in [1.165, 1.54) is 18.4 Å². The molecule has 7 heteroatoms. The second kappa shape index (κ2) is 7.98. The van der Waals surface area contributed by atoms with Crippen LogP contribution in [-0.4, -0.2) is 45.9 Å². The lowest BCUT2D eigenvalue weighted by Gasteiger charge is -2.06. The van der Waals surface area contributed by atoms with E-state index in [0.29, 0.717) is 23.8 Å². The monoisotopic (exact) mass is 301 g/mol. The van der Waals surface area contributed by atoms with E-state index >= 15 is 0 Å². The fourth-order valence-electron chi connectivity index (χ4n) is 1.53. The predicted molar refractivity (Wildman–Crippen MR) is 76.5 cm³/mol. The van der Waals surface area contributed by atoms with Gasteiger partial charge in [-0.15, -0.1) is 11.3 Å². The molecule has 0 spiro atoms. The molecule has 112 valence electrons. The number of amides is 1. The van der Waals surface area contributed by atoms with Crippen LogP contribution in [-0.2, 0) is 19.0 Å². The van der Waals surface area contributed by atoms with Gasteiger partial charge in [0.1, 0.15) is 11.6 Å². The molecule has 1 N–H and O–H groups in total. The smallest absolute Gasteiger partial charge is 0.341 e. The molecule has 0 bridgehead atoms. The standard InChI is InChI=1S/C13H19NO5S/c1-8-9(2)20-12(11(8)13(16)18-4)14-10(15)7-19-6-5-17-3/h5-7H2,1-4H3,(H,14,15). The van der Waals surface area contributed by atoms with E-state index in [0.717, 1.165) is 10.4 Å². The minimum Gasteiger partial charge on any atom is -0.465 e. The molecule has 1 heterocycles. The van der Waals surface area contributed by atoms with Gasteiger partial charge in [-0.1, -0.05) is 0 Å². The van der Waals surface area contributed by atoms with E-state index < -0.39 is 5.97 Å². The number of ether oxygens (including phenoxy) is 3. The van der Waals surface area contributed by atoms with Crippen molar-refractivity contribution in [3.63, 3.8) is 0 Å². The first-order valence-electron chi connectivity index (χ1n) is 6.06. The van der Waals surface area contributed by atoms with Crippen molar-refractivity contribution in [2.75, 3.05) is 39.4 Å². The summed E-state index contributed by atoms with van der Waals surface area (Å²) < 4.78 is 14.7. The first kappa shape index (κ1) is 16.6. The third kappa shape index (κ3) is 4.29. The second-order valence-corrected chi connectivity index (χ2v) is 5.30. The Morgan fingerprint density at radius 2 is 1.90 bits per heavy atom. The van der Waals surface area contributed by atoms with Gasteiger partial charge in [-0.2, -0.15) is 0 Å². The molecular weight excluding hydrogens is 282 g/mol. The summed E-state index contributed by atoms with van der Waals surface area (Å²) in [5.41, 5.74) is 1.22. The van der Waals surface area contributed by atoms with Crippen LogP contribution in [0.5, 0.6) is 0 Å². The molecule has 20 heavy (non-hydrogen) atoms. The summed E-state index contributed by atoms with van der Waals surface area (Å²) in [7, 11) is 2.87. The summed E-state index contributed by atoms with van der Waals surface area (Å²) in [6.07, 6.45) is 0. The van der Waals surface area contributed by atoms with E-state index in [1.807, 2.05) is 13.8 Å². The van der Waals surface area contributed by atoms with Gasteiger partial charge in [0.15, 0.2) is 0 Å². The van der Waals surface area contributed by atoms with Gasteiger partial charge in [0.2, 0.25) is 0 Å². The molecule has 0 unspecified atom stereocenters. The highest BCUT2D eigenvalue weighted by molar-refractivity contribution is 7.16. The highest BCUT2D eigenvalue weighted by atomic mass is 32.1. The summed E-state index contributed by atoms with van der Waals surface area (Å²) in [5.74, 6) is -0.769. The zero-order chi connectivity index (χ0) is 15.1. The van der Waals surface area contributed by atoms with Gasteiger partial charge in [-0.25, -0.2) is 4.79 Å². The van der Waals surface area contributed by atoms with Crippen molar-refractivity contribution in [2.45, 2.75) is 13.8 Å². The lowest BCUT2D eigenvalue weighted by atomic mass is 10.1. The maximum atomic E-state index is 11.7. The van der Waals surface area contributed by atoms with Gasteiger partial charge < -0.3 is 19.5 Å². The SMILES string of the molecule is COCCOCC(=O)Nc1sc(C)c(C)c1C(=O)OC. The largest absolute Gasteiger partial charge is 0.465 e. The van der Waals surface area contributed by atoms with Crippen LogP contribution < -0.4 is 5.32 Å². The molecule has 1 rings (SSSR count). The third-order valence-corrected chi connectivity index (χ3v) is 3.82. The van der Waals surface area contributed by atoms with Gasteiger partial charge in [0.05, 0.1) is 25.9 Å². The number of thiophene rings is 1. The van der Waals surface area contributed by atoms with Gasteiger partial charge in [0.25, 0.3) is 5.91 Å². The highest BCUT2D eigenvalue weighted by Crippen LogP contribution is 2.32. The van der Waals surface area contributed by atoms with Crippen LogP contribution in [0.4, 0.5) is 5.00 Å². The molecule has 6 nitrogen and oxygen atoms in total. The Morgan fingerprint density at radius 1 is 1.20 bits per heavy atom. The number of rotatable bonds is 7. The van der Waals surface area contributed by atoms with E-state index in [2.05, 4.69) is 5.32 Å². The lowest BCUT2D eigenvalue weighted by molar-refractivity contribution is -0.121. The van der Waals surface area contributed by atoms with Gasteiger partial charge >= 0.3 is 5.97 Å². The number of hydrogen-bond acceptors (Lipinski definition) is 6. The third-order valence-electron chi connectivity index (χ3n) is 2.69. The van der Waals surface area contributed by atoms with Crippen LogP contribution in [0.3, 0.4) is 0 Å². The molecule has 0 radical (unpaired) electrons. The molecule has 1 amide bonds. The molecule has 1 aromatic heterocycles. The normalized spacial score (nSPS) is 10.4.